The summed E-state index contributed by atoms with van der Waals surface area (Å²) in [6.07, 6.45) is 2.14. The maximum atomic E-state index is 11.9. The van der Waals surface area contributed by atoms with Crippen LogP contribution in [0, 0.1) is 0 Å². The molecule has 1 heterocycles. The van der Waals surface area contributed by atoms with E-state index in [1.54, 1.807) is 0 Å². The quantitative estimate of drug-likeness (QED) is 0.904. The van der Waals surface area contributed by atoms with E-state index in [-0.39, 0.29) is 18.6 Å². The van der Waals surface area contributed by atoms with Crippen molar-refractivity contribution in [1.82, 2.24) is 10.6 Å². The van der Waals surface area contributed by atoms with Crippen LogP contribution in [0.3, 0.4) is 0 Å². The zero-order valence-electron chi connectivity index (χ0n) is 12.0. The van der Waals surface area contributed by atoms with Crippen molar-refractivity contribution in [3.05, 3.63) is 42.5 Å². The van der Waals surface area contributed by atoms with Gasteiger partial charge in [-0.1, -0.05) is 30.3 Å². The molecule has 0 aromatic heterocycles. The summed E-state index contributed by atoms with van der Waals surface area (Å²) in [6, 6.07) is 14.2. The van der Waals surface area contributed by atoms with E-state index in [2.05, 4.69) is 16.7 Å². The normalized spacial score (nSPS) is 18.4. The fourth-order valence-corrected chi connectivity index (χ4v) is 2.65. The van der Waals surface area contributed by atoms with Gasteiger partial charge >= 0.3 is 0 Å². The van der Waals surface area contributed by atoms with Crippen molar-refractivity contribution in [3.63, 3.8) is 0 Å². The van der Waals surface area contributed by atoms with Crippen LogP contribution in [0.4, 0.5) is 0 Å². The van der Waals surface area contributed by atoms with E-state index >= 15 is 0 Å². The van der Waals surface area contributed by atoms with E-state index in [1.807, 2.05) is 36.4 Å². The molecule has 4 heteroatoms. The lowest BCUT2D eigenvalue weighted by Crippen LogP contribution is -2.46. The molecule has 1 aliphatic heterocycles. The number of amides is 1. The van der Waals surface area contributed by atoms with Gasteiger partial charge in [0.25, 0.3) is 5.91 Å². The first kappa shape index (κ1) is 13.9. The average molecular weight is 284 g/mol. The number of carbonyl (C=O) groups is 1. The van der Waals surface area contributed by atoms with Crippen molar-refractivity contribution in [2.75, 3.05) is 19.7 Å². The summed E-state index contributed by atoms with van der Waals surface area (Å²) in [5.74, 6) is 0.669. The molecule has 1 fully saturated rings. The minimum atomic E-state index is -0.0585. The Bertz CT molecular complexity index is 621. The van der Waals surface area contributed by atoms with Crippen LogP contribution in [0.5, 0.6) is 5.75 Å². The molecule has 0 bridgehead atoms. The predicted octanol–water partition coefficient (Wildman–Crippen LogP) is 2.09. The summed E-state index contributed by atoms with van der Waals surface area (Å²) in [5, 5.41) is 8.56. The molecule has 0 radical (unpaired) electrons. The molecule has 0 aliphatic carbocycles. The Morgan fingerprint density at radius 3 is 2.90 bits per heavy atom. The topological polar surface area (TPSA) is 50.4 Å². The van der Waals surface area contributed by atoms with Crippen LogP contribution in [0.25, 0.3) is 10.8 Å². The second-order valence-corrected chi connectivity index (χ2v) is 5.41. The molecule has 0 saturated carbocycles. The summed E-state index contributed by atoms with van der Waals surface area (Å²) in [4.78, 5) is 11.9. The van der Waals surface area contributed by atoms with Crippen LogP contribution >= 0.6 is 0 Å². The molecule has 3 rings (SSSR count). The van der Waals surface area contributed by atoms with E-state index in [0.717, 1.165) is 37.1 Å². The smallest absolute Gasteiger partial charge is 0.258 e. The van der Waals surface area contributed by atoms with E-state index < -0.39 is 0 Å². The molecule has 1 amide bonds. The Hall–Kier alpha value is -2.07. The monoisotopic (exact) mass is 284 g/mol. The zero-order chi connectivity index (χ0) is 14.5. The first-order chi connectivity index (χ1) is 10.3. The molecule has 1 aliphatic rings. The van der Waals surface area contributed by atoms with Gasteiger partial charge in [-0.05, 0) is 42.3 Å². The Kier molecular flexibility index (Phi) is 4.36. The van der Waals surface area contributed by atoms with Gasteiger partial charge in [0.1, 0.15) is 5.75 Å². The zero-order valence-corrected chi connectivity index (χ0v) is 12.0. The molecule has 1 saturated heterocycles. The van der Waals surface area contributed by atoms with Crippen LogP contribution in [-0.4, -0.2) is 31.6 Å². The molecule has 4 nitrogen and oxygen atoms in total. The molecule has 110 valence electrons. The van der Waals surface area contributed by atoms with Gasteiger partial charge in [0.15, 0.2) is 6.61 Å². The number of hydrogen-bond donors (Lipinski definition) is 2. The average Bonchev–Trinajstić information content (AvgIpc) is 2.54. The van der Waals surface area contributed by atoms with Gasteiger partial charge < -0.3 is 15.4 Å². The highest BCUT2D eigenvalue weighted by Gasteiger charge is 2.15. The van der Waals surface area contributed by atoms with Gasteiger partial charge in [-0.2, -0.15) is 0 Å². The van der Waals surface area contributed by atoms with Gasteiger partial charge in [0.2, 0.25) is 0 Å². The highest BCUT2D eigenvalue weighted by Crippen LogP contribution is 2.20. The number of rotatable bonds is 4. The van der Waals surface area contributed by atoms with Crippen molar-refractivity contribution in [2.45, 2.75) is 18.9 Å². The van der Waals surface area contributed by atoms with E-state index in [1.165, 1.54) is 5.39 Å². The number of nitrogens with one attached hydrogen (secondary N) is 2. The van der Waals surface area contributed by atoms with E-state index in [4.69, 9.17) is 4.74 Å². The van der Waals surface area contributed by atoms with Crippen molar-refractivity contribution in [1.29, 1.82) is 0 Å². The van der Waals surface area contributed by atoms with Crippen molar-refractivity contribution < 1.29 is 9.53 Å². The van der Waals surface area contributed by atoms with Gasteiger partial charge in [0, 0.05) is 12.6 Å². The molecule has 2 N–H and O–H groups in total. The number of piperidine rings is 1. The summed E-state index contributed by atoms with van der Waals surface area (Å²) in [7, 11) is 0. The number of hydrogen-bond acceptors (Lipinski definition) is 3. The van der Waals surface area contributed by atoms with Gasteiger partial charge in [0.05, 0.1) is 0 Å². The lowest BCUT2D eigenvalue weighted by atomic mass is 10.1. The van der Waals surface area contributed by atoms with Crippen LogP contribution < -0.4 is 15.4 Å². The largest absolute Gasteiger partial charge is 0.484 e. The third-order valence-electron chi connectivity index (χ3n) is 3.75. The molecule has 21 heavy (non-hydrogen) atoms. The second-order valence-electron chi connectivity index (χ2n) is 5.41. The Balaban J connectivity index is 1.54. The fourth-order valence-electron chi connectivity index (χ4n) is 2.65. The minimum absolute atomic E-state index is 0.0585. The van der Waals surface area contributed by atoms with E-state index in [0.29, 0.717) is 0 Å². The van der Waals surface area contributed by atoms with Crippen LogP contribution in [-0.2, 0) is 4.79 Å². The molecule has 2 aromatic carbocycles. The molecular formula is C17H20N2O2. The number of carbonyl (C=O) groups excluding carboxylic acids is 1. The lowest BCUT2D eigenvalue weighted by molar-refractivity contribution is -0.123. The van der Waals surface area contributed by atoms with Crippen LogP contribution in [0.15, 0.2) is 42.5 Å². The van der Waals surface area contributed by atoms with Gasteiger partial charge in [-0.25, -0.2) is 0 Å². The predicted molar refractivity (Wildman–Crippen MR) is 83.5 cm³/mol. The molecule has 0 spiro atoms. The number of ether oxygens (including phenoxy) is 1. The third kappa shape index (κ3) is 3.73. The highest BCUT2D eigenvalue weighted by molar-refractivity contribution is 5.84. The SMILES string of the molecule is O=C(COc1ccc2ccccc2c1)N[C@H]1CCCNC1. The van der Waals surface area contributed by atoms with Crippen molar-refractivity contribution in [2.24, 2.45) is 0 Å². The maximum Gasteiger partial charge on any atom is 0.258 e. The molecule has 1 atom stereocenters. The highest BCUT2D eigenvalue weighted by atomic mass is 16.5. The van der Waals surface area contributed by atoms with Gasteiger partial charge in [-0.3, -0.25) is 4.79 Å². The molecular weight excluding hydrogens is 264 g/mol. The van der Waals surface area contributed by atoms with Crippen molar-refractivity contribution in [3.8, 4) is 5.75 Å². The maximum absolute atomic E-state index is 11.9. The standard InChI is InChI=1S/C17H20N2O2/c20-17(19-15-6-3-9-18-11-15)12-21-16-8-7-13-4-1-2-5-14(13)10-16/h1-2,4-5,7-8,10,15,18H,3,6,9,11-12H2,(H,19,20)/t15-/m0/s1. The number of benzene rings is 2. The van der Waals surface area contributed by atoms with Gasteiger partial charge in [-0.15, -0.1) is 0 Å². The van der Waals surface area contributed by atoms with E-state index in [9.17, 15) is 4.79 Å². The van der Waals surface area contributed by atoms with Crippen molar-refractivity contribution >= 4 is 16.7 Å². The second kappa shape index (κ2) is 6.59. The first-order valence-electron chi connectivity index (χ1n) is 7.43. The summed E-state index contributed by atoms with van der Waals surface area (Å²) >= 11 is 0. The fraction of sp³-hybridized carbons (Fsp3) is 0.353. The molecule has 0 unspecified atom stereocenters. The Morgan fingerprint density at radius 1 is 1.24 bits per heavy atom. The first-order valence-corrected chi connectivity index (χ1v) is 7.43. The molecule has 2 aromatic rings. The Morgan fingerprint density at radius 2 is 2.10 bits per heavy atom. The lowest BCUT2D eigenvalue weighted by Gasteiger charge is -2.23. The third-order valence-corrected chi connectivity index (χ3v) is 3.75. The Labute approximate surface area is 124 Å². The minimum Gasteiger partial charge on any atom is -0.484 e. The summed E-state index contributed by atoms with van der Waals surface area (Å²) < 4.78 is 5.58. The van der Waals surface area contributed by atoms with Crippen LogP contribution in [0.1, 0.15) is 12.8 Å². The number of fused-ring (bicyclic) bond motifs is 1. The summed E-state index contributed by atoms with van der Waals surface area (Å²) in [5.41, 5.74) is 0. The van der Waals surface area contributed by atoms with Crippen LogP contribution in [0.2, 0.25) is 0 Å². The summed E-state index contributed by atoms with van der Waals surface area (Å²) in [6.45, 7) is 1.95.